The van der Waals surface area contributed by atoms with Crippen molar-refractivity contribution < 1.29 is 4.52 Å². The average Bonchev–Trinajstić information content (AvgIpc) is 2.84. The molecule has 0 aromatic carbocycles. The third-order valence-corrected chi connectivity index (χ3v) is 2.42. The van der Waals surface area contributed by atoms with Gasteiger partial charge in [-0.05, 0) is 13.3 Å². The molecule has 2 heterocycles. The molecule has 0 bridgehead atoms. The Bertz CT molecular complexity index is 458. The molecule has 0 amide bonds. The minimum Gasteiger partial charge on any atom is -0.359 e. The van der Waals surface area contributed by atoms with Gasteiger partial charge in [0.1, 0.15) is 5.69 Å². The molecule has 86 valence electrons. The smallest absolute Gasteiger partial charge is 0.153 e. The van der Waals surface area contributed by atoms with Gasteiger partial charge in [0.05, 0.1) is 24.3 Å². The van der Waals surface area contributed by atoms with Gasteiger partial charge in [-0.15, -0.1) is 0 Å². The summed E-state index contributed by atoms with van der Waals surface area (Å²) in [7, 11) is 0. The van der Waals surface area contributed by atoms with E-state index in [9.17, 15) is 0 Å². The van der Waals surface area contributed by atoms with E-state index in [1.165, 1.54) is 0 Å². The summed E-state index contributed by atoms with van der Waals surface area (Å²) >= 11 is 0. The normalized spacial score (nSPS) is 12.9. The van der Waals surface area contributed by atoms with Crippen LogP contribution in [0.3, 0.4) is 0 Å². The van der Waals surface area contributed by atoms with E-state index in [0.29, 0.717) is 5.76 Å². The fraction of sp³-hybridized carbons (Fsp3) is 0.455. The van der Waals surface area contributed by atoms with E-state index in [1.54, 1.807) is 12.5 Å². The van der Waals surface area contributed by atoms with Gasteiger partial charge in [-0.1, -0.05) is 12.1 Å². The summed E-state index contributed by atoms with van der Waals surface area (Å²) in [5.41, 5.74) is 7.48. The van der Waals surface area contributed by atoms with Crippen LogP contribution in [0, 0.1) is 0 Å². The van der Waals surface area contributed by atoms with Crippen molar-refractivity contribution in [2.24, 2.45) is 5.73 Å². The molecule has 2 aromatic heterocycles. The Morgan fingerprint density at radius 3 is 3.00 bits per heavy atom. The van der Waals surface area contributed by atoms with E-state index < -0.39 is 0 Å². The van der Waals surface area contributed by atoms with Gasteiger partial charge in [0, 0.05) is 12.6 Å². The van der Waals surface area contributed by atoms with Crippen LogP contribution >= 0.6 is 0 Å². The van der Waals surface area contributed by atoms with Crippen LogP contribution in [0.2, 0.25) is 0 Å². The molecule has 1 unspecified atom stereocenters. The molecule has 2 rings (SSSR count). The first-order chi connectivity index (χ1) is 7.72. The van der Waals surface area contributed by atoms with Gasteiger partial charge >= 0.3 is 0 Å². The zero-order chi connectivity index (χ0) is 11.5. The Morgan fingerprint density at radius 2 is 2.38 bits per heavy atom. The third-order valence-electron chi connectivity index (χ3n) is 2.42. The second kappa shape index (κ2) is 4.49. The minimum atomic E-state index is -0.135. The molecule has 0 aliphatic carbocycles. The van der Waals surface area contributed by atoms with Gasteiger partial charge in [0.15, 0.2) is 5.76 Å². The summed E-state index contributed by atoms with van der Waals surface area (Å²) in [6.45, 7) is 4.92. The lowest BCUT2D eigenvalue weighted by Gasteiger charge is -2.02. The fourth-order valence-electron chi connectivity index (χ4n) is 1.58. The molecule has 16 heavy (non-hydrogen) atoms. The number of aryl methyl sites for hydroxylation is 1. The second-order valence-electron chi connectivity index (χ2n) is 3.88. The zero-order valence-electron chi connectivity index (χ0n) is 9.55. The van der Waals surface area contributed by atoms with Crippen LogP contribution in [-0.4, -0.2) is 14.7 Å². The van der Waals surface area contributed by atoms with E-state index >= 15 is 0 Å². The van der Waals surface area contributed by atoms with Crippen LogP contribution in [-0.2, 0) is 6.54 Å². The maximum absolute atomic E-state index is 5.72. The topological polar surface area (TPSA) is 69.9 Å². The van der Waals surface area contributed by atoms with Crippen molar-refractivity contribution in [3.8, 4) is 11.4 Å². The summed E-state index contributed by atoms with van der Waals surface area (Å²) in [6, 6.07) is 1.73. The fourth-order valence-corrected chi connectivity index (χ4v) is 1.58. The first-order valence-electron chi connectivity index (χ1n) is 5.45. The van der Waals surface area contributed by atoms with Crippen molar-refractivity contribution in [1.29, 1.82) is 0 Å². The summed E-state index contributed by atoms with van der Waals surface area (Å²) in [4.78, 5) is 4.12. The van der Waals surface area contributed by atoms with Crippen LogP contribution in [0.1, 0.15) is 32.1 Å². The molecule has 1 atom stereocenters. The lowest BCUT2D eigenvalue weighted by atomic mass is 10.2. The molecule has 0 radical (unpaired) electrons. The monoisotopic (exact) mass is 220 g/mol. The minimum absolute atomic E-state index is 0.135. The molecule has 0 saturated heterocycles. The van der Waals surface area contributed by atoms with Crippen LogP contribution in [0.15, 0.2) is 23.1 Å². The quantitative estimate of drug-likeness (QED) is 0.855. The average molecular weight is 220 g/mol. The number of imidazole rings is 1. The predicted octanol–water partition coefficient (Wildman–Crippen LogP) is 1.97. The Labute approximate surface area is 94.3 Å². The Balaban J connectivity index is 2.31. The lowest BCUT2D eigenvalue weighted by Crippen LogP contribution is -2.02. The maximum atomic E-state index is 5.72. The van der Waals surface area contributed by atoms with Crippen LogP contribution in [0.5, 0.6) is 0 Å². The number of aromatic nitrogens is 3. The first kappa shape index (κ1) is 10.9. The van der Waals surface area contributed by atoms with Crippen molar-refractivity contribution >= 4 is 0 Å². The van der Waals surface area contributed by atoms with Crippen LogP contribution in [0.4, 0.5) is 0 Å². The summed E-state index contributed by atoms with van der Waals surface area (Å²) in [5, 5.41) is 4.01. The van der Waals surface area contributed by atoms with Crippen molar-refractivity contribution in [3.05, 3.63) is 24.4 Å². The van der Waals surface area contributed by atoms with E-state index in [2.05, 4.69) is 21.6 Å². The summed E-state index contributed by atoms with van der Waals surface area (Å²) < 4.78 is 7.23. The van der Waals surface area contributed by atoms with Gasteiger partial charge in [-0.3, -0.25) is 0 Å². The predicted molar refractivity (Wildman–Crippen MR) is 60.6 cm³/mol. The van der Waals surface area contributed by atoms with Gasteiger partial charge in [-0.2, -0.15) is 0 Å². The molecule has 0 aliphatic heterocycles. The number of hydrogen-bond donors (Lipinski definition) is 1. The van der Waals surface area contributed by atoms with Gasteiger partial charge < -0.3 is 14.8 Å². The van der Waals surface area contributed by atoms with E-state index in [-0.39, 0.29) is 6.04 Å². The highest BCUT2D eigenvalue weighted by atomic mass is 16.5. The number of hydrogen-bond acceptors (Lipinski definition) is 4. The van der Waals surface area contributed by atoms with E-state index in [1.807, 2.05) is 13.0 Å². The highest BCUT2D eigenvalue weighted by Gasteiger charge is 2.12. The van der Waals surface area contributed by atoms with Gasteiger partial charge in [0.2, 0.25) is 0 Å². The summed E-state index contributed by atoms with van der Waals surface area (Å²) in [6.07, 6.45) is 4.65. The largest absolute Gasteiger partial charge is 0.359 e. The molecule has 0 spiro atoms. The number of nitrogens with two attached hydrogens (primary N) is 1. The second-order valence-corrected chi connectivity index (χ2v) is 3.88. The van der Waals surface area contributed by atoms with E-state index in [4.69, 9.17) is 10.3 Å². The van der Waals surface area contributed by atoms with Crippen LogP contribution < -0.4 is 5.73 Å². The highest BCUT2D eigenvalue weighted by molar-refractivity contribution is 5.53. The zero-order valence-corrected chi connectivity index (χ0v) is 9.55. The molecule has 5 nitrogen and oxygen atoms in total. The van der Waals surface area contributed by atoms with Crippen molar-refractivity contribution in [1.82, 2.24) is 14.7 Å². The van der Waals surface area contributed by atoms with Crippen molar-refractivity contribution in [2.45, 2.75) is 32.9 Å². The SMILES string of the molecule is CCCn1cncc1-c1cc(C(C)N)on1. The molecule has 0 saturated carbocycles. The molecule has 0 aliphatic rings. The van der Waals surface area contributed by atoms with Crippen molar-refractivity contribution in [2.75, 3.05) is 0 Å². The number of rotatable bonds is 4. The molecular weight excluding hydrogens is 204 g/mol. The highest BCUT2D eigenvalue weighted by Crippen LogP contribution is 2.21. The third kappa shape index (κ3) is 1.99. The molecule has 2 N–H and O–H groups in total. The van der Waals surface area contributed by atoms with Crippen LogP contribution in [0.25, 0.3) is 11.4 Å². The molecule has 2 aromatic rings. The molecule has 0 fully saturated rings. The number of nitrogens with zero attached hydrogens (tertiary/aromatic N) is 3. The Morgan fingerprint density at radius 1 is 1.56 bits per heavy atom. The summed E-state index contributed by atoms with van der Waals surface area (Å²) in [5.74, 6) is 0.694. The van der Waals surface area contributed by atoms with Gasteiger partial charge in [-0.25, -0.2) is 4.98 Å². The Hall–Kier alpha value is -1.62. The van der Waals surface area contributed by atoms with E-state index in [0.717, 1.165) is 24.4 Å². The maximum Gasteiger partial charge on any atom is 0.153 e. The van der Waals surface area contributed by atoms with Crippen molar-refractivity contribution in [3.63, 3.8) is 0 Å². The lowest BCUT2D eigenvalue weighted by molar-refractivity contribution is 0.369. The standard InChI is InChI=1S/C11H16N4O/c1-3-4-15-7-13-6-10(15)9-5-11(8(2)12)16-14-9/h5-8H,3-4,12H2,1-2H3. The molecular formula is C11H16N4O. The Kier molecular flexibility index (Phi) is 3.05. The first-order valence-corrected chi connectivity index (χ1v) is 5.45. The molecule has 5 heteroatoms. The van der Waals surface area contributed by atoms with Gasteiger partial charge in [0.25, 0.3) is 0 Å².